The van der Waals surface area contributed by atoms with Gasteiger partial charge in [0.15, 0.2) is 11.5 Å². The van der Waals surface area contributed by atoms with Crippen LogP contribution in [0, 0.1) is 0 Å². The maximum absolute atomic E-state index is 12.5. The summed E-state index contributed by atoms with van der Waals surface area (Å²) in [6.45, 7) is 5.08. The molecular formula is C15H21BrF2N2O2. The van der Waals surface area contributed by atoms with E-state index in [1.54, 1.807) is 6.07 Å². The summed E-state index contributed by atoms with van der Waals surface area (Å²) in [5.74, 6) is 0.393. The number of piperazine rings is 1. The fourth-order valence-corrected chi connectivity index (χ4v) is 3.18. The quantitative estimate of drug-likeness (QED) is 0.823. The van der Waals surface area contributed by atoms with Gasteiger partial charge in [0.1, 0.15) is 0 Å². The molecule has 1 aliphatic heterocycles. The normalized spacial score (nSPS) is 19.5. The van der Waals surface area contributed by atoms with E-state index in [0.29, 0.717) is 22.9 Å². The van der Waals surface area contributed by atoms with Gasteiger partial charge in [0.2, 0.25) is 0 Å². The second kappa shape index (κ2) is 8.08. The molecule has 0 aliphatic carbocycles. The summed E-state index contributed by atoms with van der Waals surface area (Å²) in [6.07, 6.45) is 0. The highest BCUT2D eigenvalue weighted by atomic mass is 79.9. The van der Waals surface area contributed by atoms with E-state index in [-0.39, 0.29) is 5.75 Å². The lowest BCUT2D eigenvalue weighted by Gasteiger charge is -2.32. The fraction of sp³-hybridized carbons (Fsp3) is 0.600. The molecule has 1 unspecified atom stereocenters. The average molecular weight is 379 g/mol. The number of rotatable bonds is 6. The third-order valence-corrected chi connectivity index (χ3v) is 4.02. The van der Waals surface area contributed by atoms with Gasteiger partial charge >= 0.3 is 6.61 Å². The van der Waals surface area contributed by atoms with Crippen molar-refractivity contribution in [3.63, 3.8) is 0 Å². The highest BCUT2D eigenvalue weighted by molar-refractivity contribution is 9.10. The number of halogens is 3. The maximum atomic E-state index is 12.5. The molecular weight excluding hydrogens is 358 g/mol. The van der Waals surface area contributed by atoms with Crippen molar-refractivity contribution in [2.45, 2.75) is 33.0 Å². The topological polar surface area (TPSA) is 33.7 Å². The second-order valence-electron chi connectivity index (χ2n) is 5.31. The molecule has 1 aliphatic rings. The zero-order valence-electron chi connectivity index (χ0n) is 12.7. The Balaban J connectivity index is 2.17. The lowest BCUT2D eigenvalue weighted by Crippen LogP contribution is -2.48. The molecule has 0 bridgehead atoms. The summed E-state index contributed by atoms with van der Waals surface area (Å²) in [5.41, 5.74) is 1.01. The van der Waals surface area contributed by atoms with Crippen LogP contribution in [0.15, 0.2) is 16.6 Å². The first-order valence-electron chi connectivity index (χ1n) is 7.35. The van der Waals surface area contributed by atoms with E-state index in [1.807, 2.05) is 13.0 Å². The number of hydrogen-bond donors (Lipinski definition) is 1. The van der Waals surface area contributed by atoms with E-state index in [1.165, 1.54) is 0 Å². The number of ether oxygens (including phenoxy) is 2. The highest BCUT2D eigenvalue weighted by Gasteiger charge is 2.19. The molecule has 1 saturated heterocycles. The van der Waals surface area contributed by atoms with Crippen LogP contribution >= 0.6 is 15.9 Å². The minimum Gasteiger partial charge on any atom is -0.490 e. The molecule has 4 nitrogen and oxygen atoms in total. The summed E-state index contributed by atoms with van der Waals surface area (Å²) in [5, 5.41) is 3.39. The first kappa shape index (κ1) is 17.4. The van der Waals surface area contributed by atoms with Gasteiger partial charge in [-0.3, -0.25) is 4.90 Å². The molecule has 22 heavy (non-hydrogen) atoms. The molecule has 0 radical (unpaired) electrons. The molecule has 0 saturated carbocycles. The zero-order chi connectivity index (χ0) is 16.1. The van der Waals surface area contributed by atoms with Crippen molar-refractivity contribution in [1.82, 2.24) is 10.2 Å². The van der Waals surface area contributed by atoms with Gasteiger partial charge in [0.05, 0.1) is 11.1 Å². The van der Waals surface area contributed by atoms with Crippen molar-refractivity contribution in [1.29, 1.82) is 0 Å². The van der Waals surface area contributed by atoms with Crippen LogP contribution < -0.4 is 14.8 Å². The van der Waals surface area contributed by atoms with Crippen LogP contribution in [0.2, 0.25) is 0 Å². The smallest absolute Gasteiger partial charge is 0.387 e. The van der Waals surface area contributed by atoms with Crippen LogP contribution in [0.1, 0.15) is 19.4 Å². The van der Waals surface area contributed by atoms with Crippen molar-refractivity contribution < 1.29 is 18.3 Å². The predicted molar refractivity (Wildman–Crippen MR) is 84.7 cm³/mol. The van der Waals surface area contributed by atoms with Crippen LogP contribution in [0.4, 0.5) is 8.78 Å². The summed E-state index contributed by atoms with van der Waals surface area (Å²) in [6, 6.07) is 4.04. The van der Waals surface area contributed by atoms with Gasteiger partial charge in [0.25, 0.3) is 0 Å². The van der Waals surface area contributed by atoms with Crippen molar-refractivity contribution >= 4 is 15.9 Å². The Hall–Kier alpha value is -0.920. The summed E-state index contributed by atoms with van der Waals surface area (Å²) >= 11 is 3.30. The van der Waals surface area contributed by atoms with E-state index >= 15 is 0 Å². The second-order valence-corrected chi connectivity index (χ2v) is 6.16. The molecule has 1 N–H and O–H groups in total. The minimum atomic E-state index is -2.88. The van der Waals surface area contributed by atoms with Gasteiger partial charge in [-0.1, -0.05) is 0 Å². The molecule has 0 aromatic heterocycles. The highest BCUT2D eigenvalue weighted by Crippen LogP contribution is 2.38. The molecule has 1 aromatic rings. The van der Waals surface area contributed by atoms with Crippen LogP contribution in [0.5, 0.6) is 11.5 Å². The van der Waals surface area contributed by atoms with Crippen molar-refractivity contribution in [2.24, 2.45) is 0 Å². The number of benzene rings is 1. The van der Waals surface area contributed by atoms with Crippen LogP contribution in [-0.4, -0.2) is 43.8 Å². The Bertz CT molecular complexity index is 503. The molecule has 1 heterocycles. The number of nitrogens with zero attached hydrogens (tertiary/aromatic N) is 1. The number of hydrogen-bond acceptors (Lipinski definition) is 4. The first-order chi connectivity index (χ1) is 10.5. The SMILES string of the molecule is CCOc1cc(CN2CCNC(C)C2)cc(Br)c1OC(F)F. The van der Waals surface area contributed by atoms with Gasteiger partial charge in [-0.25, -0.2) is 0 Å². The summed E-state index contributed by atoms with van der Waals surface area (Å²) in [7, 11) is 0. The number of nitrogens with one attached hydrogen (secondary N) is 1. The Morgan fingerprint density at radius 2 is 2.23 bits per heavy atom. The Labute approximate surface area is 137 Å². The molecule has 2 rings (SSSR count). The van der Waals surface area contributed by atoms with Crippen molar-refractivity contribution in [3.8, 4) is 11.5 Å². The minimum absolute atomic E-state index is 0.0503. The molecule has 7 heteroatoms. The first-order valence-corrected chi connectivity index (χ1v) is 8.14. The molecule has 0 spiro atoms. The Kier molecular flexibility index (Phi) is 6.40. The van der Waals surface area contributed by atoms with E-state index in [2.05, 4.69) is 37.8 Å². The molecule has 124 valence electrons. The van der Waals surface area contributed by atoms with E-state index in [0.717, 1.165) is 31.7 Å². The molecule has 1 aromatic carbocycles. The standard InChI is InChI=1S/C15H21BrF2N2O2/c1-3-21-13-7-11(6-12(16)14(13)22-15(17)18)9-20-5-4-19-10(2)8-20/h6-7,10,15,19H,3-5,8-9H2,1-2H3. The fourth-order valence-electron chi connectivity index (χ4n) is 2.59. The monoisotopic (exact) mass is 378 g/mol. The third kappa shape index (κ3) is 4.79. The largest absolute Gasteiger partial charge is 0.490 e. The molecule has 0 amide bonds. The Morgan fingerprint density at radius 3 is 2.86 bits per heavy atom. The van der Waals surface area contributed by atoms with E-state index in [4.69, 9.17) is 4.74 Å². The molecule has 1 atom stereocenters. The van der Waals surface area contributed by atoms with Crippen LogP contribution in [-0.2, 0) is 6.54 Å². The van der Waals surface area contributed by atoms with Gasteiger partial charge in [-0.2, -0.15) is 8.78 Å². The van der Waals surface area contributed by atoms with Crippen LogP contribution in [0.3, 0.4) is 0 Å². The summed E-state index contributed by atoms with van der Waals surface area (Å²) < 4.78 is 35.5. The average Bonchev–Trinajstić information content (AvgIpc) is 2.43. The van der Waals surface area contributed by atoms with Gasteiger partial charge in [-0.05, 0) is 47.5 Å². The van der Waals surface area contributed by atoms with Crippen LogP contribution in [0.25, 0.3) is 0 Å². The summed E-state index contributed by atoms with van der Waals surface area (Å²) in [4.78, 5) is 2.33. The Morgan fingerprint density at radius 1 is 1.45 bits per heavy atom. The van der Waals surface area contributed by atoms with Gasteiger partial charge in [-0.15, -0.1) is 0 Å². The predicted octanol–water partition coefficient (Wildman–Crippen LogP) is 3.24. The number of alkyl halides is 2. The van der Waals surface area contributed by atoms with Gasteiger partial charge < -0.3 is 14.8 Å². The lowest BCUT2D eigenvalue weighted by atomic mass is 10.1. The zero-order valence-corrected chi connectivity index (χ0v) is 14.3. The van der Waals surface area contributed by atoms with E-state index in [9.17, 15) is 8.78 Å². The van der Waals surface area contributed by atoms with Crippen molar-refractivity contribution in [3.05, 3.63) is 22.2 Å². The molecule has 1 fully saturated rings. The van der Waals surface area contributed by atoms with Gasteiger partial charge in [0, 0.05) is 32.2 Å². The lowest BCUT2D eigenvalue weighted by molar-refractivity contribution is -0.0519. The van der Waals surface area contributed by atoms with E-state index < -0.39 is 6.61 Å². The third-order valence-electron chi connectivity index (χ3n) is 3.44. The maximum Gasteiger partial charge on any atom is 0.387 e. The van der Waals surface area contributed by atoms with Crippen molar-refractivity contribution in [2.75, 3.05) is 26.2 Å².